The molecule has 0 bridgehead atoms. The first-order chi connectivity index (χ1) is 7.28. The minimum Gasteiger partial charge on any atom is -0.472 e. The molecule has 2 N–H and O–H groups in total. The number of nitrogens with zero attached hydrogens (tertiary/aromatic N) is 2. The van der Waals surface area contributed by atoms with Crippen LogP contribution in [0.5, 0.6) is 5.88 Å². The van der Waals surface area contributed by atoms with Gasteiger partial charge in [-0.3, -0.25) is 0 Å². The smallest absolute Gasteiger partial charge is 0.219 e. The predicted octanol–water partition coefficient (Wildman–Crippen LogP) is 0.789. The first-order valence-corrected chi connectivity index (χ1v) is 5.15. The lowest BCUT2D eigenvalue weighted by molar-refractivity contribution is 0.138. The summed E-state index contributed by atoms with van der Waals surface area (Å²) < 4.78 is 10.9. The van der Waals surface area contributed by atoms with Crippen LogP contribution in [0.15, 0.2) is 6.07 Å². The van der Waals surface area contributed by atoms with E-state index in [1.54, 1.807) is 6.07 Å². The summed E-state index contributed by atoms with van der Waals surface area (Å²) in [6, 6.07) is 1.65. The van der Waals surface area contributed by atoms with Gasteiger partial charge >= 0.3 is 0 Å². The van der Waals surface area contributed by atoms with Crippen LogP contribution in [-0.4, -0.2) is 29.3 Å². The molecule has 0 saturated carbocycles. The first-order valence-electron chi connectivity index (χ1n) is 5.15. The Morgan fingerprint density at radius 2 is 2.47 bits per heavy atom. The van der Waals surface area contributed by atoms with E-state index < -0.39 is 0 Å². The van der Waals surface area contributed by atoms with Gasteiger partial charge in [-0.1, -0.05) is 6.92 Å². The van der Waals surface area contributed by atoms with Crippen LogP contribution < -0.4 is 10.5 Å². The first kappa shape index (κ1) is 10.2. The van der Waals surface area contributed by atoms with E-state index in [0.717, 1.165) is 19.4 Å². The minimum absolute atomic E-state index is 0.101. The molecule has 5 heteroatoms. The van der Waals surface area contributed by atoms with Crippen LogP contribution in [0, 0.1) is 0 Å². The van der Waals surface area contributed by atoms with Crippen LogP contribution in [0.4, 0.5) is 5.82 Å². The number of nitrogens with two attached hydrogens (primary N) is 1. The molecule has 1 saturated heterocycles. The van der Waals surface area contributed by atoms with Gasteiger partial charge in [0.1, 0.15) is 17.7 Å². The predicted molar refractivity (Wildman–Crippen MR) is 55.7 cm³/mol. The molecule has 1 aliphatic rings. The molecule has 1 aromatic heterocycles. The minimum atomic E-state index is 0.101. The van der Waals surface area contributed by atoms with Crippen LogP contribution in [0.25, 0.3) is 0 Å². The van der Waals surface area contributed by atoms with E-state index in [1.807, 2.05) is 6.92 Å². The van der Waals surface area contributed by atoms with E-state index in [2.05, 4.69) is 9.97 Å². The van der Waals surface area contributed by atoms with Crippen LogP contribution in [0.3, 0.4) is 0 Å². The molecule has 0 radical (unpaired) electrons. The lowest BCUT2D eigenvalue weighted by atomic mass is 10.3. The third-order valence-corrected chi connectivity index (χ3v) is 2.26. The average Bonchev–Trinajstić information content (AvgIpc) is 2.69. The van der Waals surface area contributed by atoms with Gasteiger partial charge in [-0.05, 0) is 0 Å². The molecule has 2 heterocycles. The number of aryl methyl sites for hydroxylation is 1. The number of rotatable bonds is 3. The zero-order chi connectivity index (χ0) is 10.7. The van der Waals surface area contributed by atoms with Gasteiger partial charge in [-0.25, -0.2) is 4.98 Å². The van der Waals surface area contributed by atoms with Crippen LogP contribution >= 0.6 is 0 Å². The highest BCUT2D eigenvalue weighted by Crippen LogP contribution is 2.16. The average molecular weight is 209 g/mol. The van der Waals surface area contributed by atoms with Gasteiger partial charge in [0.05, 0.1) is 13.2 Å². The molecule has 1 aliphatic heterocycles. The van der Waals surface area contributed by atoms with Crippen molar-refractivity contribution in [2.75, 3.05) is 18.9 Å². The molecule has 1 unspecified atom stereocenters. The van der Waals surface area contributed by atoms with Gasteiger partial charge in [0.25, 0.3) is 0 Å². The number of nitrogen functional groups attached to an aromatic ring is 1. The molecule has 0 spiro atoms. The Morgan fingerprint density at radius 3 is 3.13 bits per heavy atom. The summed E-state index contributed by atoms with van der Waals surface area (Å²) in [5, 5.41) is 0. The van der Waals surface area contributed by atoms with E-state index in [0.29, 0.717) is 24.1 Å². The second-order valence-corrected chi connectivity index (χ2v) is 3.50. The number of aromatic nitrogens is 2. The maximum absolute atomic E-state index is 5.65. The van der Waals surface area contributed by atoms with Crippen LogP contribution in [0.1, 0.15) is 19.2 Å². The van der Waals surface area contributed by atoms with Crippen molar-refractivity contribution in [3.05, 3.63) is 11.9 Å². The number of hydrogen-bond donors (Lipinski definition) is 1. The lowest BCUT2D eigenvalue weighted by Crippen LogP contribution is -2.17. The Kier molecular flexibility index (Phi) is 3.01. The topological polar surface area (TPSA) is 70.3 Å². The standard InChI is InChI=1S/C10H15N3O2/c1-2-9-12-8(11)5-10(13-9)15-7-3-4-14-6-7/h5,7H,2-4,6H2,1H3,(H2,11,12,13). The maximum Gasteiger partial charge on any atom is 0.219 e. The summed E-state index contributed by atoms with van der Waals surface area (Å²) in [5.41, 5.74) is 5.65. The van der Waals surface area contributed by atoms with Gasteiger partial charge in [-0.2, -0.15) is 4.98 Å². The molecule has 15 heavy (non-hydrogen) atoms. The Balaban J connectivity index is 2.09. The molecule has 0 aliphatic carbocycles. The third kappa shape index (κ3) is 2.56. The summed E-state index contributed by atoms with van der Waals surface area (Å²) in [7, 11) is 0. The van der Waals surface area contributed by atoms with Gasteiger partial charge in [-0.15, -0.1) is 0 Å². The zero-order valence-electron chi connectivity index (χ0n) is 8.77. The molecular formula is C10H15N3O2. The third-order valence-electron chi connectivity index (χ3n) is 2.26. The molecule has 1 aromatic rings. The van der Waals surface area contributed by atoms with Crippen molar-refractivity contribution >= 4 is 5.82 Å². The van der Waals surface area contributed by atoms with Gasteiger partial charge < -0.3 is 15.2 Å². The molecular weight excluding hydrogens is 194 g/mol. The number of ether oxygens (including phenoxy) is 2. The van der Waals surface area contributed by atoms with Crippen molar-refractivity contribution in [1.82, 2.24) is 9.97 Å². The zero-order valence-corrected chi connectivity index (χ0v) is 8.77. The summed E-state index contributed by atoms with van der Waals surface area (Å²) in [6.45, 7) is 3.37. The van der Waals surface area contributed by atoms with Gasteiger partial charge in [0, 0.05) is 18.9 Å². The van der Waals surface area contributed by atoms with Crippen LogP contribution in [0.2, 0.25) is 0 Å². The largest absolute Gasteiger partial charge is 0.472 e. The van der Waals surface area contributed by atoms with E-state index in [9.17, 15) is 0 Å². The maximum atomic E-state index is 5.65. The van der Waals surface area contributed by atoms with E-state index in [1.165, 1.54) is 0 Å². The Bertz CT molecular complexity index is 337. The van der Waals surface area contributed by atoms with E-state index >= 15 is 0 Å². The molecule has 82 valence electrons. The van der Waals surface area contributed by atoms with Crippen molar-refractivity contribution in [2.45, 2.75) is 25.9 Å². The molecule has 5 nitrogen and oxygen atoms in total. The Morgan fingerprint density at radius 1 is 1.60 bits per heavy atom. The second-order valence-electron chi connectivity index (χ2n) is 3.50. The normalized spacial score (nSPS) is 20.5. The summed E-state index contributed by atoms with van der Waals surface area (Å²) in [5.74, 6) is 1.72. The second kappa shape index (κ2) is 4.44. The van der Waals surface area contributed by atoms with Gasteiger partial charge in [0.2, 0.25) is 5.88 Å². The van der Waals surface area contributed by atoms with Crippen molar-refractivity contribution in [2.24, 2.45) is 0 Å². The highest BCUT2D eigenvalue weighted by molar-refractivity contribution is 5.32. The fourth-order valence-electron chi connectivity index (χ4n) is 1.49. The number of anilines is 1. The lowest BCUT2D eigenvalue weighted by Gasteiger charge is -2.11. The van der Waals surface area contributed by atoms with Crippen LogP contribution in [-0.2, 0) is 11.2 Å². The summed E-state index contributed by atoms with van der Waals surface area (Å²) in [6.07, 6.45) is 1.76. The van der Waals surface area contributed by atoms with E-state index in [4.69, 9.17) is 15.2 Å². The molecule has 0 amide bonds. The summed E-state index contributed by atoms with van der Waals surface area (Å²) >= 11 is 0. The molecule has 1 atom stereocenters. The van der Waals surface area contributed by atoms with Crippen molar-refractivity contribution in [3.8, 4) is 5.88 Å². The molecule has 0 aromatic carbocycles. The SMILES string of the molecule is CCc1nc(N)cc(OC2CCOC2)n1. The Labute approximate surface area is 88.6 Å². The fourth-order valence-corrected chi connectivity index (χ4v) is 1.49. The molecule has 1 fully saturated rings. The fraction of sp³-hybridized carbons (Fsp3) is 0.600. The van der Waals surface area contributed by atoms with Gasteiger partial charge in [0.15, 0.2) is 0 Å². The number of hydrogen-bond acceptors (Lipinski definition) is 5. The van der Waals surface area contributed by atoms with Crippen molar-refractivity contribution < 1.29 is 9.47 Å². The highest BCUT2D eigenvalue weighted by atomic mass is 16.5. The van der Waals surface area contributed by atoms with Crippen molar-refractivity contribution in [3.63, 3.8) is 0 Å². The van der Waals surface area contributed by atoms with Crippen molar-refractivity contribution in [1.29, 1.82) is 0 Å². The Hall–Kier alpha value is -1.36. The quantitative estimate of drug-likeness (QED) is 0.796. The monoisotopic (exact) mass is 209 g/mol. The van der Waals surface area contributed by atoms with E-state index in [-0.39, 0.29) is 6.10 Å². The molecule has 2 rings (SSSR count). The summed E-state index contributed by atoms with van der Waals surface area (Å²) in [4.78, 5) is 8.33. The highest BCUT2D eigenvalue weighted by Gasteiger charge is 2.18.